The van der Waals surface area contributed by atoms with E-state index in [0.29, 0.717) is 24.2 Å². The number of benzene rings is 1. The Kier molecular flexibility index (Phi) is 6.58. The second kappa shape index (κ2) is 7.73. The fourth-order valence-corrected chi connectivity index (χ4v) is 2.61. The molecular weight excluding hydrogens is 295 g/mol. The molecule has 1 saturated heterocycles. The Balaban J connectivity index is 0.00000220. The summed E-state index contributed by atoms with van der Waals surface area (Å²) in [5.74, 6) is -0.513. The Morgan fingerprint density at radius 1 is 1.52 bits per heavy atom. The van der Waals surface area contributed by atoms with Crippen LogP contribution in [0, 0.1) is 12.7 Å². The molecule has 21 heavy (non-hydrogen) atoms. The molecule has 2 N–H and O–H groups in total. The molecule has 1 aliphatic heterocycles. The van der Waals surface area contributed by atoms with Crippen molar-refractivity contribution in [1.82, 2.24) is 4.90 Å². The molecule has 1 aliphatic rings. The number of rotatable bonds is 3. The van der Waals surface area contributed by atoms with E-state index in [4.69, 9.17) is 10.5 Å². The Morgan fingerprint density at radius 3 is 2.81 bits per heavy atom. The smallest absolute Gasteiger partial charge is 0.254 e. The standard InChI is InChI=1S/C15H21FN2O2.ClH/c1-10-3-4-11(7-14(10)16)15(19)18-6-5-13(20-2)8-12(18)9-17;/h3-4,7,12-13H,5-6,8-9,17H2,1-2H3;1H. The van der Waals surface area contributed by atoms with Crippen LogP contribution in [0.15, 0.2) is 18.2 Å². The Bertz CT molecular complexity index is 499. The molecular formula is C15H22ClFN2O2. The zero-order chi connectivity index (χ0) is 14.7. The third-order valence-electron chi connectivity index (χ3n) is 3.95. The average Bonchev–Trinajstić information content (AvgIpc) is 2.48. The predicted molar refractivity (Wildman–Crippen MR) is 82.3 cm³/mol. The SMILES string of the molecule is COC1CCN(C(=O)c2ccc(C)c(F)c2)C(CN)C1.Cl. The summed E-state index contributed by atoms with van der Waals surface area (Å²) >= 11 is 0. The fourth-order valence-electron chi connectivity index (χ4n) is 2.61. The summed E-state index contributed by atoms with van der Waals surface area (Å²) < 4.78 is 18.9. The highest BCUT2D eigenvalue weighted by Crippen LogP contribution is 2.22. The van der Waals surface area contributed by atoms with Gasteiger partial charge >= 0.3 is 0 Å². The first-order valence-corrected chi connectivity index (χ1v) is 6.86. The van der Waals surface area contributed by atoms with Crippen LogP contribution in [-0.4, -0.2) is 43.2 Å². The first-order valence-electron chi connectivity index (χ1n) is 6.86. The van der Waals surface area contributed by atoms with Gasteiger partial charge in [-0.15, -0.1) is 12.4 Å². The lowest BCUT2D eigenvalue weighted by Crippen LogP contribution is -2.51. The minimum atomic E-state index is -0.355. The van der Waals surface area contributed by atoms with Crippen LogP contribution in [-0.2, 0) is 4.74 Å². The Hall–Kier alpha value is -1.17. The van der Waals surface area contributed by atoms with Gasteiger partial charge in [-0.25, -0.2) is 4.39 Å². The van der Waals surface area contributed by atoms with Crippen molar-refractivity contribution in [3.8, 4) is 0 Å². The molecule has 118 valence electrons. The molecule has 6 heteroatoms. The lowest BCUT2D eigenvalue weighted by Gasteiger charge is -2.38. The van der Waals surface area contributed by atoms with E-state index in [2.05, 4.69) is 0 Å². The van der Waals surface area contributed by atoms with Gasteiger partial charge in [0.15, 0.2) is 0 Å². The number of hydrogen-bond acceptors (Lipinski definition) is 3. The van der Waals surface area contributed by atoms with Crippen molar-refractivity contribution in [2.45, 2.75) is 31.9 Å². The summed E-state index contributed by atoms with van der Waals surface area (Å²) in [6.07, 6.45) is 1.66. The molecule has 2 atom stereocenters. The number of methoxy groups -OCH3 is 1. The third-order valence-corrected chi connectivity index (χ3v) is 3.95. The van der Waals surface area contributed by atoms with E-state index in [1.165, 1.54) is 6.07 Å². The van der Waals surface area contributed by atoms with Gasteiger partial charge in [-0.2, -0.15) is 0 Å². The molecule has 1 heterocycles. The lowest BCUT2D eigenvalue weighted by atomic mass is 9.98. The molecule has 4 nitrogen and oxygen atoms in total. The number of carbonyl (C=O) groups is 1. The van der Waals surface area contributed by atoms with Gasteiger partial charge in [-0.3, -0.25) is 4.79 Å². The van der Waals surface area contributed by atoms with Crippen LogP contribution < -0.4 is 5.73 Å². The number of hydrogen-bond donors (Lipinski definition) is 1. The number of aryl methyl sites for hydroxylation is 1. The van der Waals surface area contributed by atoms with Crippen molar-refractivity contribution in [2.24, 2.45) is 5.73 Å². The predicted octanol–water partition coefficient (Wildman–Crippen LogP) is 2.13. The maximum absolute atomic E-state index is 13.6. The minimum absolute atomic E-state index is 0. The van der Waals surface area contributed by atoms with Crippen molar-refractivity contribution in [2.75, 3.05) is 20.2 Å². The van der Waals surface area contributed by atoms with E-state index in [0.717, 1.165) is 12.8 Å². The van der Waals surface area contributed by atoms with E-state index < -0.39 is 0 Å². The molecule has 2 rings (SSSR count). The van der Waals surface area contributed by atoms with Gasteiger partial charge < -0.3 is 15.4 Å². The van der Waals surface area contributed by atoms with Gasteiger partial charge in [0.2, 0.25) is 0 Å². The second-order valence-electron chi connectivity index (χ2n) is 5.23. The zero-order valence-electron chi connectivity index (χ0n) is 12.3. The van der Waals surface area contributed by atoms with Crippen molar-refractivity contribution >= 4 is 18.3 Å². The molecule has 1 fully saturated rings. The second-order valence-corrected chi connectivity index (χ2v) is 5.23. The molecule has 1 amide bonds. The number of nitrogens with two attached hydrogens (primary N) is 1. The normalized spacial score (nSPS) is 21.8. The summed E-state index contributed by atoms with van der Waals surface area (Å²) in [5, 5.41) is 0. The topological polar surface area (TPSA) is 55.6 Å². The molecule has 2 unspecified atom stereocenters. The van der Waals surface area contributed by atoms with Crippen LogP contribution in [0.2, 0.25) is 0 Å². The third kappa shape index (κ3) is 3.93. The van der Waals surface area contributed by atoms with Gasteiger partial charge in [0.25, 0.3) is 5.91 Å². The highest BCUT2D eigenvalue weighted by Gasteiger charge is 2.31. The van der Waals surface area contributed by atoms with Gasteiger partial charge in [-0.1, -0.05) is 6.07 Å². The Labute approximate surface area is 130 Å². The number of likely N-dealkylation sites (tertiary alicyclic amines) is 1. The maximum Gasteiger partial charge on any atom is 0.254 e. The summed E-state index contributed by atoms with van der Waals surface area (Å²) in [5.41, 5.74) is 6.67. The molecule has 1 aromatic rings. The summed E-state index contributed by atoms with van der Waals surface area (Å²) in [7, 11) is 1.67. The molecule has 0 aliphatic carbocycles. The molecule has 0 spiro atoms. The monoisotopic (exact) mass is 316 g/mol. The van der Waals surface area contributed by atoms with Crippen molar-refractivity contribution < 1.29 is 13.9 Å². The number of amides is 1. The van der Waals surface area contributed by atoms with Crippen molar-refractivity contribution in [3.05, 3.63) is 35.1 Å². The first kappa shape index (κ1) is 17.9. The van der Waals surface area contributed by atoms with Crippen LogP contribution in [0.5, 0.6) is 0 Å². The highest BCUT2D eigenvalue weighted by molar-refractivity contribution is 5.94. The summed E-state index contributed by atoms with van der Waals surface area (Å²) in [4.78, 5) is 14.2. The molecule has 0 bridgehead atoms. The number of carbonyl (C=O) groups excluding carboxylic acids is 1. The zero-order valence-corrected chi connectivity index (χ0v) is 13.2. The van der Waals surface area contributed by atoms with Gasteiger partial charge in [0.05, 0.1) is 6.10 Å². The van der Waals surface area contributed by atoms with Crippen LogP contribution in [0.1, 0.15) is 28.8 Å². The molecule has 0 saturated carbocycles. The summed E-state index contributed by atoms with van der Waals surface area (Å²) in [6.45, 7) is 2.66. The number of piperidine rings is 1. The van der Waals surface area contributed by atoms with Crippen molar-refractivity contribution in [3.63, 3.8) is 0 Å². The lowest BCUT2D eigenvalue weighted by molar-refractivity contribution is 0.0139. The van der Waals surface area contributed by atoms with E-state index in [1.807, 2.05) is 0 Å². The van der Waals surface area contributed by atoms with E-state index in [-0.39, 0.29) is 36.3 Å². The average molecular weight is 317 g/mol. The molecule has 1 aromatic carbocycles. The largest absolute Gasteiger partial charge is 0.381 e. The summed E-state index contributed by atoms with van der Waals surface area (Å²) in [6, 6.07) is 4.54. The quantitative estimate of drug-likeness (QED) is 0.929. The van der Waals surface area contributed by atoms with Crippen LogP contribution in [0.3, 0.4) is 0 Å². The highest BCUT2D eigenvalue weighted by atomic mass is 35.5. The molecule has 0 aromatic heterocycles. The van der Waals surface area contributed by atoms with E-state index in [9.17, 15) is 9.18 Å². The van der Waals surface area contributed by atoms with Gasteiger partial charge in [0, 0.05) is 31.8 Å². The van der Waals surface area contributed by atoms with E-state index >= 15 is 0 Å². The number of ether oxygens (including phenoxy) is 1. The first-order chi connectivity index (χ1) is 9.56. The van der Waals surface area contributed by atoms with Gasteiger partial charge in [0.1, 0.15) is 5.82 Å². The van der Waals surface area contributed by atoms with Gasteiger partial charge in [-0.05, 0) is 37.5 Å². The van der Waals surface area contributed by atoms with Crippen LogP contribution in [0.4, 0.5) is 4.39 Å². The van der Waals surface area contributed by atoms with E-state index in [1.54, 1.807) is 31.1 Å². The molecule has 0 radical (unpaired) electrons. The van der Waals surface area contributed by atoms with Crippen LogP contribution in [0.25, 0.3) is 0 Å². The van der Waals surface area contributed by atoms with Crippen molar-refractivity contribution in [1.29, 1.82) is 0 Å². The number of nitrogens with zero attached hydrogens (tertiary/aromatic N) is 1. The van der Waals surface area contributed by atoms with Crippen LogP contribution >= 0.6 is 12.4 Å². The maximum atomic E-state index is 13.6. The fraction of sp³-hybridized carbons (Fsp3) is 0.533. The minimum Gasteiger partial charge on any atom is -0.381 e. The Morgan fingerprint density at radius 2 is 2.24 bits per heavy atom. The number of halogens is 2.